The van der Waals surface area contributed by atoms with E-state index in [0.717, 1.165) is 5.56 Å². The van der Waals surface area contributed by atoms with Gasteiger partial charge in [0.25, 0.3) is 7.52 Å². The number of amides is 1. The SMILES string of the molecule is O=C(O)CNP(=O)(O)CNC(=O)OCc1ccccc1. The number of hydrogen-bond donors (Lipinski definition) is 4. The summed E-state index contributed by atoms with van der Waals surface area (Å²) in [6.45, 7) is -0.639. The summed E-state index contributed by atoms with van der Waals surface area (Å²) >= 11 is 0. The second-order valence-electron chi connectivity index (χ2n) is 3.83. The first-order chi connectivity index (χ1) is 9.39. The average molecular weight is 302 g/mol. The maximum Gasteiger partial charge on any atom is 0.407 e. The number of carboxylic acids is 1. The van der Waals surface area contributed by atoms with Crippen molar-refractivity contribution < 1.29 is 28.9 Å². The summed E-state index contributed by atoms with van der Waals surface area (Å²) in [6.07, 6.45) is -1.48. The van der Waals surface area contributed by atoms with Crippen molar-refractivity contribution in [2.24, 2.45) is 0 Å². The molecule has 0 aliphatic rings. The van der Waals surface area contributed by atoms with Gasteiger partial charge in [0.2, 0.25) is 0 Å². The summed E-state index contributed by atoms with van der Waals surface area (Å²) in [5.74, 6) is -1.27. The van der Waals surface area contributed by atoms with Gasteiger partial charge in [-0.05, 0) is 5.56 Å². The normalized spacial score (nSPS) is 13.2. The maximum atomic E-state index is 11.4. The van der Waals surface area contributed by atoms with E-state index in [1.54, 1.807) is 24.3 Å². The summed E-state index contributed by atoms with van der Waals surface area (Å²) in [5, 5.41) is 12.4. The second kappa shape index (κ2) is 7.64. The number of hydrogen-bond acceptors (Lipinski definition) is 4. The van der Waals surface area contributed by atoms with Crippen LogP contribution in [0.2, 0.25) is 0 Å². The molecule has 0 saturated carbocycles. The lowest BCUT2D eigenvalue weighted by Crippen LogP contribution is -2.30. The Hall–Kier alpha value is -1.89. The number of carboxylic acid groups (broad SMARTS) is 1. The maximum absolute atomic E-state index is 11.4. The number of carbonyl (C=O) groups excluding carboxylic acids is 1. The molecule has 4 N–H and O–H groups in total. The number of nitrogens with one attached hydrogen (secondary N) is 2. The fraction of sp³-hybridized carbons (Fsp3) is 0.273. The molecule has 20 heavy (non-hydrogen) atoms. The Morgan fingerprint density at radius 2 is 1.90 bits per heavy atom. The predicted octanol–water partition coefficient (Wildman–Crippen LogP) is 0.730. The highest BCUT2D eigenvalue weighted by Gasteiger charge is 2.20. The van der Waals surface area contributed by atoms with Gasteiger partial charge in [0.1, 0.15) is 19.4 Å². The first-order valence-corrected chi connectivity index (χ1v) is 7.47. The first kappa shape index (κ1) is 16.2. The molecule has 1 rings (SSSR count). The van der Waals surface area contributed by atoms with Gasteiger partial charge in [-0.2, -0.15) is 0 Å². The van der Waals surface area contributed by atoms with E-state index in [4.69, 9.17) is 9.84 Å². The van der Waals surface area contributed by atoms with Crippen molar-refractivity contribution in [1.29, 1.82) is 0 Å². The van der Waals surface area contributed by atoms with E-state index in [9.17, 15) is 19.0 Å². The van der Waals surface area contributed by atoms with Gasteiger partial charge in [0.15, 0.2) is 0 Å². The lowest BCUT2D eigenvalue weighted by Gasteiger charge is -2.12. The lowest BCUT2D eigenvalue weighted by atomic mass is 10.2. The Morgan fingerprint density at radius 3 is 2.50 bits per heavy atom. The molecule has 1 atom stereocenters. The quantitative estimate of drug-likeness (QED) is 0.547. The number of alkyl carbamates (subject to hydrolysis) is 1. The van der Waals surface area contributed by atoms with E-state index in [-0.39, 0.29) is 6.61 Å². The lowest BCUT2D eigenvalue weighted by molar-refractivity contribution is -0.135. The van der Waals surface area contributed by atoms with Crippen LogP contribution >= 0.6 is 7.52 Å². The number of benzene rings is 1. The van der Waals surface area contributed by atoms with Gasteiger partial charge in [0, 0.05) is 0 Å². The summed E-state index contributed by atoms with van der Waals surface area (Å²) < 4.78 is 16.2. The van der Waals surface area contributed by atoms with E-state index in [1.807, 2.05) is 11.2 Å². The monoisotopic (exact) mass is 302 g/mol. The van der Waals surface area contributed by atoms with Crippen molar-refractivity contribution in [1.82, 2.24) is 10.4 Å². The molecule has 1 unspecified atom stereocenters. The van der Waals surface area contributed by atoms with Gasteiger partial charge in [-0.15, -0.1) is 0 Å². The standard InChI is InChI=1S/C11H15N2O6P/c14-10(15)6-13-20(17,18)8-12-11(16)19-7-9-4-2-1-3-5-9/h1-5H,6-8H2,(H,12,16)(H,14,15)(H2,13,17,18). The van der Waals surface area contributed by atoms with Crippen LogP contribution in [0.1, 0.15) is 5.56 Å². The summed E-state index contributed by atoms with van der Waals surface area (Å²) in [4.78, 5) is 30.8. The van der Waals surface area contributed by atoms with Crippen LogP contribution in [0.15, 0.2) is 30.3 Å². The van der Waals surface area contributed by atoms with E-state index >= 15 is 0 Å². The summed E-state index contributed by atoms with van der Waals surface area (Å²) in [5.41, 5.74) is 0.777. The molecule has 1 aromatic carbocycles. The number of ether oxygens (including phenoxy) is 1. The molecule has 0 aliphatic carbocycles. The smallest absolute Gasteiger partial charge is 0.407 e. The molecular weight excluding hydrogens is 287 g/mol. The molecule has 0 heterocycles. The van der Waals surface area contributed by atoms with Gasteiger partial charge in [-0.3, -0.25) is 9.36 Å². The van der Waals surface area contributed by atoms with Crippen molar-refractivity contribution >= 4 is 19.6 Å². The highest BCUT2D eigenvalue weighted by Crippen LogP contribution is 2.32. The first-order valence-electron chi connectivity index (χ1n) is 5.62. The molecule has 110 valence electrons. The Bertz CT molecular complexity index is 507. The summed E-state index contributed by atoms with van der Waals surface area (Å²) in [6, 6.07) is 8.92. The molecule has 0 fully saturated rings. The van der Waals surface area contributed by atoms with E-state index in [0.29, 0.717) is 0 Å². The topological polar surface area (TPSA) is 125 Å². The van der Waals surface area contributed by atoms with Crippen molar-refractivity contribution in [3.05, 3.63) is 35.9 Å². The van der Waals surface area contributed by atoms with E-state index in [2.05, 4.69) is 5.32 Å². The van der Waals surface area contributed by atoms with Crippen LogP contribution in [0.4, 0.5) is 4.79 Å². The molecule has 0 aliphatic heterocycles. The molecule has 9 heteroatoms. The highest BCUT2D eigenvalue weighted by molar-refractivity contribution is 7.55. The van der Waals surface area contributed by atoms with Crippen LogP contribution in [0.3, 0.4) is 0 Å². The average Bonchev–Trinajstić information content (AvgIpc) is 2.42. The second-order valence-corrected chi connectivity index (χ2v) is 5.86. The highest BCUT2D eigenvalue weighted by atomic mass is 31.2. The van der Waals surface area contributed by atoms with E-state index < -0.39 is 32.4 Å². The van der Waals surface area contributed by atoms with Crippen LogP contribution in [-0.2, 0) is 20.7 Å². The molecule has 0 bridgehead atoms. The van der Waals surface area contributed by atoms with Crippen LogP contribution in [0, 0.1) is 0 Å². The van der Waals surface area contributed by atoms with Crippen molar-refractivity contribution in [3.8, 4) is 0 Å². The van der Waals surface area contributed by atoms with Crippen LogP contribution < -0.4 is 10.4 Å². The minimum Gasteiger partial charge on any atom is -0.480 e. The minimum absolute atomic E-state index is 0.0327. The van der Waals surface area contributed by atoms with Crippen molar-refractivity contribution in [2.75, 3.05) is 12.8 Å². The third-order valence-corrected chi connectivity index (χ3v) is 3.37. The molecule has 8 nitrogen and oxygen atoms in total. The molecule has 1 amide bonds. The zero-order valence-corrected chi connectivity index (χ0v) is 11.4. The Labute approximate surface area is 115 Å². The Balaban J connectivity index is 2.29. The van der Waals surface area contributed by atoms with Gasteiger partial charge in [-0.25, -0.2) is 9.88 Å². The number of rotatable bonds is 7. The van der Waals surface area contributed by atoms with Crippen LogP contribution in [0.25, 0.3) is 0 Å². The molecule has 0 radical (unpaired) electrons. The molecular formula is C11H15N2O6P. The van der Waals surface area contributed by atoms with Crippen LogP contribution in [0.5, 0.6) is 0 Å². The third kappa shape index (κ3) is 6.89. The van der Waals surface area contributed by atoms with E-state index in [1.165, 1.54) is 0 Å². The number of carbonyl (C=O) groups is 2. The molecule has 0 saturated heterocycles. The van der Waals surface area contributed by atoms with Gasteiger partial charge < -0.3 is 20.1 Å². The van der Waals surface area contributed by atoms with Crippen LogP contribution in [-0.4, -0.2) is 34.9 Å². The van der Waals surface area contributed by atoms with Crippen molar-refractivity contribution in [2.45, 2.75) is 6.61 Å². The molecule has 0 spiro atoms. The van der Waals surface area contributed by atoms with Gasteiger partial charge >= 0.3 is 12.1 Å². The Kier molecular flexibility index (Phi) is 6.17. The minimum atomic E-state index is -3.94. The fourth-order valence-electron chi connectivity index (χ4n) is 1.19. The zero-order valence-electron chi connectivity index (χ0n) is 10.5. The molecule has 1 aromatic rings. The van der Waals surface area contributed by atoms with Gasteiger partial charge in [-0.1, -0.05) is 30.3 Å². The Morgan fingerprint density at radius 1 is 1.25 bits per heavy atom. The summed E-state index contributed by atoms with van der Waals surface area (Å²) in [7, 11) is -3.94. The van der Waals surface area contributed by atoms with Crippen molar-refractivity contribution in [3.63, 3.8) is 0 Å². The third-order valence-electron chi connectivity index (χ3n) is 2.13. The fourth-order valence-corrected chi connectivity index (χ4v) is 2.03. The number of aliphatic carboxylic acids is 1. The predicted molar refractivity (Wildman–Crippen MR) is 70.1 cm³/mol. The molecule has 0 aromatic heterocycles. The van der Waals surface area contributed by atoms with Gasteiger partial charge in [0.05, 0.1) is 0 Å². The largest absolute Gasteiger partial charge is 0.480 e. The zero-order chi connectivity index (χ0) is 15.0.